The number of nitrogens with zero attached hydrogens (tertiary/aromatic N) is 4. The van der Waals surface area contributed by atoms with Crippen LogP contribution in [0.1, 0.15) is 12.0 Å². The van der Waals surface area contributed by atoms with Crippen molar-refractivity contribution >= 4 is 23.2 Å². The Morgan fingerprint density at radius 3 is 2.52 bits per heavy atom. The van der Waals surface area contributed by atoms with Crippen molar-refractivity contribution in [3.63, 3.8) is 0 Å². The number of carbonyl (C=O) groups excluding carboxylic acids is 1. The average Bonchev–Trinajstić information content (AvgIpc) is 2.75. The molecule has 7 nitrogen and oxygen atoms in total. The van der Waals surface area contributed by atoms with E-state index in [1.165, 1.54) is 11.1 Å². The van der Waals surface area contributed by atoms with Crippen LogP contribution in [0, 0.1) is 0 Å². The van der Waals surface area contributed by atoms with E-state index in [0.717, 1.165) is 32.6 Å². The Bertz CT molecular complexity index is 799. The van der Waals surface area contributed by atoms with Crippen LogP contribution >= 0.6 is 0 Å². The van der Waals surface area contributed by atoms with Crippen molar-refractivity contribution < 1.29 is 4.79 Å². The van der Waals surface area contributed by atoms with Gasteiger partial charge in [0.25, 0.3) is 0 Å². The number of hydrogen-bond donors (Lipinski definition) is 2. The molecule has 140 valence electrons. The predicted octanol–water partition coefficient (Wildman–Crippen LogP) is 2.21. The number of nitrogens with one attached hydrogen (secondary N) is 2. The predicted molar refractivity (Wildman–Crippen MR) is 107 cm³/mol. The van der Waals surface area contributed by atoms with Gasteiger partial charge in [-0.25, -0.2) is 14.8 Å². The largest absolute Gasteiger partial charge is 0.338 e. The van der Waals surface area contributed by atoms with Crippen LogP contribution in [-0.2, 0) is 0 Å². The Balaban J connectivity index is 1.37. The van der Waals surface area contributed by atoms with E-state index in [-0.39, 0.29) is 6.03 Å². The first-order valence-electron chi connectivity index (χ1n) is 9.38. The molecule has 0 bridgehead atoms. The van der Waals surface area contributed by atoms with E-state index in [1.54, 1.807) is 12.4 Å². The van der Waals surface area contributed by atoms with Crippen molar-refractivity contribution in [2.45, 2.75) is 6.42 Å². The van der Waals surface area contributed by atoms with Gasteiger partial charge in [0.15, 0.2) is 0 Å². The van der Waals surface area contributed by atoms with Gasteiger partial charge in [-0.15, -0.1) is 0 Å². The number of anilines is 2. The molecule has 2 aliphatic rings. The highest BCUT2D eigenvalue weighted by Gasteiger charge is 2.19. The molecule has 1 aromatic heterocycles. The quantitative estimate of drug-likeness (QED) is 0.874. The van der Waals surface area contributed by atoms with Crippen LogP contribution in [0.4, 0.5) is 16.4 Å². The lowest BCUT2D eigenvalue weighted by molar-refractivity contribution is 0.217. The molecular formula is C20H24N6O. The second-order valence-corrected chi connectivity index (χ2v) is 6.74. The number of rotatable bonds is 3. The summed E-state index contributed by atoms with van der Waals surface area (Å²) >= 11 is 0. The molecule has 1 aromatic carbocycles. The van der Waals surface area contributed by atoms with Gasteiger partial charge in [-0.05, 0) is 17.6 Å². The van der Waals surface area contributed by atoms with Crippen molar-refractivity contribution in [2.24, 2.45) is 0 Å². The Hall–Kier alpha value is -2.93. The lowest BCUT2D eigenvalue weighted by Crippen LogP contribution is -2.44. The summed E-state index contributed by atoms with van der Waals surface area (Å²) in [6.45, 7) is 4.99. The molecule has 0 radical (unpaired) electrons. The zero-order chi connectivity index (χ0) is 18.5. The fourth-order valence-corrected chi connectivity index (χ4v) is 3.40. The van der Waals surface area contributed by atoms with Crippen LogP contribution in [-0.4, -0.2) is 60.2 Å². The zero-order valence-corrected chi connectivity index (χ0v) is 15.3. The van der Waals surface area contributed by atoms with Crippen LogP contribution in [0.25, 0.3) is 5.57 Å². The van der Waals surface area contributed by atoms with Crippen LogP contribution in [0.3, 0.4) is 0 Å². The van der Waals surface area contributed by atoms with Crippen molar-refractivity contribution in [1.82, 2.24) is 20.2 Å². The number of benzene rings is 1. The summed E-state index contributed by atoms with van der Waals surface area (Å²) < 4.78 is 0. The van der Waals surface area contributed by atoms with Crippen LogP contribution in [0.5, 0.6) is 0 Å². The maximum atomic E-state index is 12.6. The first kappa shape index (κ1) is 17.5. The first-order chi connectivity index (χ1) is 13.3. The summed E-state index contributed by atoms with van der Waals surface area (Å²) in [4.78, 5) is 25.4. The van der Waals surface area contributed by atoms with Gasteiger partial charge in [-0.1, -0.05) is 36.4 Å². The third kappa shape index (κ3) is 4.25. The van der Waals surface area contributed by atoms with Gasteiger partial charge in [0.1, 0.15) is 0 Å². The fourth-order valence-electron chi connectivity index (χ4n) is 3.40. The highest BCUT2D eigenvalue weighted by molar-refractivity contribution is 5.90. The molecule has 2 aromatic rings. The summed E-state index contributed by atoms with van der Waals surface area (Å²) in [6.07, 6.45) is 6.43. The van der Waals surface area contributed by atoms with E-state index in [4.69, 9.17) is 0 Å². The Morgan fingerprint density at radius 2 is 1.78 bits per heavy atom. The number of amides is 2. The average molecular weight is 364 g/mol. The molecule has 2 N–H and O–H groups in total. The van der Waals surface area contributed by atoms with E-state index in [2.05, 4.69) is 43.7 Å². The second-order valence-electron chi connectivity index (χ2n) is 6.74. The molecular weight excluding hydrogens is 340 g/mol. The first-order valence-corrected chi connectivity index (χ1v) is 9.38. The number of carbonyl (C=O) groups is 1. The molecule has 4 rings (SSSR count). The van der Waals surface area contributed by atoms with Crippen molar-refractivity contribution in [3.05, 3.63) is 54.4 Å². The van der Waals surface area contributed by atoms with E-state index in [9.17, 15) is 4.79 Å². The van der Waals surface area contributed by atoms with Crippen LogP contribution in [0.15, 0.2) is 48.8 Å². The Labute approximate surface area is 159 Å². The third-order valence-corrected chi connectivity index (χ3v) is 4.87. The number of hydrogen-bond acceptors (Lipinski definition) is 5. The van der Waals surface area contributed by atoms with Crippen LogP contribution < -0.4 is 15.5 Å². The molecule has 2 aliphatic heterocycles. The van der Waals surface area contributed by atoms with E-state index in [0.29, 0.717) is 24.7 Å². The highest BCUT2D eigenvalue weighted by Crippen LogP contribution is 2.21. The molecule has 0 spiro atoms. The van der Waals surface area contributed by atoms with Gasteiger partial charge in [0.05, 0.1) is 18.1 Å². The molecule has 1 saturated heterocycles. The minimum Gasteiger partial charge on any atom is -0.338 e. The number of aromatic nitrogens is 2. The molecule has 0 saturated carbocycles. The maximum Gasteiger partial charge on any atom is 0.322 e. The molecule has 7 heteroatoms. The van der Waals surface area contributed by atoms with E-state index in [1.807, 2.05) is 23.1 Å². The lowest BCUT2D eigenvalue weighted by Gasteiger charge is -2.28. The van der Waals surface area contributed by atoms with Gasteiger partial charge in [-0.3, -0.25) is 0 Å². The fraction of sp³-hybridized carbons (Fsp3) is 0.350. The molecule has 0 atom stereocenters. The van der Waals surface area contributed by atoms with Gasteiger partial charge in [0.2, 0.25) is 5.95 Å². The Morgan fingerprint density at radius 1 is 1.04 bits per heavy atom. The SMILES string of the molecule is O=C(Nc1cnc(N2CCNCC2)nc1)N1CCC=C(c2ccccc2)C1. The van der Waals surface area contributed by atoms with Gasteiger partial charge < -0.3 is 20.4 Å². The smallest absolute Gasteiger partial charge is 0.322 e. The minimum atomic E-state index is -0.116. The summed E-state index contributed by atoms with van der Waals surface area (Å²) in [5, 5.41) is 6.23. The number of urea groups is 1. The molecule has 0 aliphatic carbocycles. The molecule has 3 heterocycles. The topological polar surface area (TPSA) is 73.4 Å². The third-order valence-electron chi connectivity index (χ3n) is 4.87. The Kier molecular flexibility index (Phi) is 5.29. The van der Waals surface area contributed by atoms with Gasteiger partial charge in [0, 0.05) is 39.3 Å². The summed E-state index contributed by atoms with van der Waals surface area (Å²) in [7, 11) is 0. The van der Waals surface area contributed by atoms with Gasteiger partial charge in [-0.2, -0.15) is 0 Å². The standard InChI is InChI=1S/C20H24N6O/c27-20(26-10-4-7-17(15-26)16-5-2-1-3-6-16)24-18-13-22-19(23-14-18)25-11-8-21-9-12-25/h1-3,5-7,13-14,21H,4,8-12,15H2,(H,24,27). The maximum absolute atomic E-state index is 12.6. The number of piperazine rings is 1. The minimum absolute atomic E-state index is 0.116. The van der Waals surface area contributed by atoms with E-state index < -0.39 is 0 Å². The van der Waals surface area contributed by atoms with Crippen molar-refractivity contribution in [3.8, 4) is 0 Å². The van der Waals surface area contributed by atoms with Gasteiger partial charge >= 0.3 is 6.03 Å². The summed E-state index contributed by atoms with van der Waals surface area (Å²) in [5.41, 5.74) is 2.97. The molecule has 1 fully saturated rings. The van der Waals surface area contributed by atoms with Crippen LogP contribution in [0.2, 0.25) is 0 Å². The highest BCUT2D eigenvalue weighted by atomic mass is 16.2. The van der Waals surface area contributed by atoms with Crippen molar-refractivity contribution in [2.75, 3.05) is 49.5 Å². The van der Waals surface area contributed by atoms with E-state index >= 15 is 0 Å². The molecule has 2 amide bonds. The second kappa shape index (κ2) is 8.18. The lowest BCUT2D eigenvalue weighted by atomic mass is 10.0. The zero-order valence-electron chi connectivity index (χ0n) is 15.3. The molecule has 27 heavy (non-hydrogen) atoms. The summed E-state index contributed by atoms with van der Waals surface area (Å²) in [5.74, 6) is 0.710. The normalized spacial score (nSPS) is 17.4. The monoisotopic (exact) mass is 364 g/mol. The summed E-state index contributed by atoms with van der Waals surface area (Å²) in [6, 6.07) is 10.1. The molecule has 0 unspecified atom stereocenters. The van der Waals surface area contributed by atoms with Crippen molar-refractivity contribution in [1.29, 1.82) is 0 Å².